The first-order chi connectivity index (χ1) is 11.9. The van der Waals surface area contributed by atoms with Crippen molar-refractivity contribution in [1.29, 1.82) is 0 Å². The maximum atomic E-state index is 5.49. The summed E-state index contributed by atoms with van der Waals surface area (Å²) in [6.45, 7) is 11.9. The molecule has 0 saturated carbocycles. The third-order valence-corrected chi connectivity index (χ3v) is 4.09. The molecule has 0 unspecified atom stereocenters. The Kier molecular flexibility index (Phi) is 6.26. The average molecular weight is 343 g/mol. The zero-order valence-electron chi connectivity index (χ0n) is 15.9. The number of nitrogens with one attached hydrogen (secondary N) is 2. The number of methoxy groups -OCH3 is 2. The molecule has 2 aromatic rings. The maximum absolute atomic E-state index is 5.49. The number of aromatic amines is 1. The lowest BCUT2D eigenvalue weighted by molar-refractivity contribution is 0.351. The van der Waals surface area contributed by atoms with Crippen LogP contribution < -0.4 is 14.8 Å². The molecule has 0 radical (unpaired) electrons. The highest BCUT2D eigenvalue weighted by atomic mass is 16.5. The van der Waals surface area contributed by atoms with Gasteiger partial charge in [0.2, 0.25) is 0 Å². The number of hydrogen-bond acceptors (Lipinski definition) is 4. The van der Waals surface area contributed by atoms with Crippen LogP contribution in [0.4, 0.5) is 0 Å². The van der Waals surface area contributed by atoms with E-state index in [0.717, 1.165) is 42.1 Å². The van der Waals surface area contributed by atoms with E-state index in [1.165, 1.54) is 11.3 Å². The van der Waals surface area contributed by atoms with Crippen molar-refractivity contribution in [3.05, 3.63) is 53.4 Å². The first-order valence-electron chi connectivity index (χ1n) is 8.48. The predicted molar refractivity (Wildman–Crippen MR) is 101 cm³/mol. The van der Waals surface area contributed by atoms with Crippen LogP contribution in [0.15, 0.2) is 31.0 Å². The van der Waals surface area contributed by atoms with E-state index in [9.17, 15) is 0 Å². The molecule has 0 aliphatic rings. The van der Waals surface area contributed by atoms with Gasteiger partial charge in [-0.25, -0.2) is 0 Å². The number of aromatic nitrogens is 2. The molecular weight excluding hydrogens is 314 g/mol. The molecule has 5 nitrogen and oxygen atoms in total. The molecule has 25 heavy (non-hydrogen) atoms. The van der Waals surface area contributed by atoms with Crippen LogP contribution in [0.25, 0.3) is 0 Å². The van der Waals surface area contributed by atoms with E-state index >= 15 is 0 Å². The van der Waals surface area contributed by atoms with Gasteiger partial charge >= 0.3 is 0 Å². The third kappa shape index (κ3) is 4.63. The average Bonchev–Trinajstić information content (AvgIpc) is 3.03. The fourth-order valence-electron chi connectivity index (χ4n) is 2.95. The van der Waals surface area contributed by atoms with Crippen LogP contribution in [0, 0.1) is 0 Å². The summed E-state index contributed by atoms with van der Waals surface area (Å²) < 4.78 is 11.0. The molecule has 2 rings (SSSR count). The summed E-state index contributed by atoms with van der Waals surface area (Å²) in [6.07, 6.45) is 4.50. The van der Waals surface area contributed by atoms with E-state index in [0.29, 0.717) is 0 Å². The minimum absolute atomic E-state index is 0.0496. The molecule has 5 heteroatoms. The van der Waals surface area contributed by atoms with Crippen LogP contribution in [0.5, 0.6) is 11.5 Å². The quantitative estimate of drug-likeness (QED) is 0.717. The Balaban J connectivity index is 2.12. The fraction of sp³-hybridized carbons (Fsp3) is 0.450. The Bertz CT molecular complexity index is 714. The second kappa shape index (κ2) is 8.21. The third-order valence-electron chi connectivity index (χ3n) is 4.09. The number of rotatable bonds is 8. The number of nitrogens with zero attached hydrogens (tertiary/aromatic N) is 1. The molecule has 1 aromatic carbocycles. The van der Waals surface area contributed by atoms with Gasteiger partial charge in [-0.1, -0.05) is 32.9 Å². The van der Waals surface area contributed by atoms with E-state index in [-0.39, 0.29) is 5.41 Å². The minimum atomic E-state index is 0.0496. The van der Waals surface area contributed by atoms with Gasteiger partial charge in [0.05, 0.1) is 20.4 Å². The number of H-pyrrole nitrogens is 1. The van der Waals surface area contributed by atoms with E-state index < -0.39 is 0 Å². The summed E-state index contributed by atoms with van der Waals surface area (Å²) in [7, 11) is 3.32. The summed E-state index contributed by atoms with van der Waals surface area (Å²) in [5.41, 5.74) is 4.63. The van der Waals surface area contributed by atoms with Gasteiger partial charge in [0, 0.05) is 35.3 Å². The van der Waals surface area contributed by atoms with E-state index in [1.807, 2.05) is 18.3 Å². The van der Waals surface area contributed by atoms with E-state index in [4.69, 9.17) is 9.47 Å². The van der Waals surface area contributed by atoms with Crippen LogP contribution in [0.1, 0.15) is 43.2 Å². The number of benzene rings is 1. The van der Waals surface area contributed by atoms with Crippen molar-refractivity contribution >= 4 is 0 Å². The molecule has 0 fully saturated rings. The normalized spacial score (nSPS) is 11.4. The van der Waals surface area contributed by atoms with Gasteiger partial charge in [-0.15, -0.1) is 6.58 Å². The molecule has 0 bridgehead atoms. The fourth-order valence-corrected chi connectivity index (χ4v) is 2.95. The molecule has 2 N–H and O–H groups in total. The number of ether oxygens (including phenoxy) is 2. The van der Waals surface area contributed by atoms with Crippen molar-refractivity contribution in [3.8, 4) is 11.5 Å². The molecule has 0 aliphatic heterocycles. The molecule has 1 heterocycles. The Morgan fingerprint density at radius 2 is 1.92 bits per heavy atom. The lowest BCUT2D eigenvalue weighted by Gasteiger charge is -2.19. The maximum Gasteiger partial charge on any atom is 0.164 e. The second-order valence-corrected chi connectivity index (χ2v) is 7.11. The molecule has 0 atom stereocenters. The number of hydrogen-bond donors (Lipinski definition) is 2. The summed E-state index contributed by atoms with van der Waals surface area (Å²) in [5, 5.41) is 10.8. The Labute approximate surface area is 150 Å². The number of allylic oxidation sites excluding steroid dienone is 1. The SMILES string of the molecule is C=CCc1cc(CNCc2cn[nH]c2C(C)(C)C)cc(OC)c1OC. The van der Waals surface area contributed by atoms with Crippen molar-refractivity contribution in [2.75, 3.05) is 14.2 Å². The summed E-state index contributed by atoms with van der Waals surface area (Å²) >= 11 is 0. The van der Waals surface area contributed by atoms with Crippen LogP contribution in [0.2, 0.25) is 0 Å². The zero-order valence-corrected chi connectivity index (χ0v) is 15.9. The van der Waals surface area contributed by atoms with Crippen molar-refractivity contribution in [2.45, 2.75) is 45.7 Å². The largest absolute Gasteiger partial charge is 0.493 e. The van der Waals surface area contributed by atoms with Crippen molar-refractivity contribution in [2.24, 2.45) is 0 Å². The topological polar surface area (TPSA) is 59.2 Å². The molecule has 0 aliphatic carbocycles. The predicted octanol–water partition coefficient (Wildman–Crippen LogP) is 3.74. The smallest absolute Gasteiger partial charge is 0.164 e. The first kappa shape index (κ1) is 19.1. The van der Waals surface area contributed by atoms with E-state index in [2.05, 4.69) is 48.9 Å². The minimum Gasteiger partial charge on any atom is -0.493 e. The lowest BCUT2D eigenvalue weighted by Crippen LogP contribution is -2.19. The highest BCUT2D eigenvalue weighted by Gasteiger charge is 2.19. The Morgan fingerprint density at radius 1 is 1.16 bits per heavy atom. The van der Waals surface area contributed by atoms with Crippen molar-refractivity contribution in [3.63, 3.8) is 0 Å². The van der Waals surface area contributed by atoms with Crippen LogP contribution in [-0.4, -0.2) is 24.4 Å². The highest BCUT2D eigenvalue weighted by Crippen LogP contribution is 2.33. The molecular formula is C20H29N3O2. The standard InChI is InChI=1S/C20H29N3O2/c1-7-8-15-9-14(10-17(24-5)18(15)25-6)11-21-12-16-13-22-23-19(16)20(2,3)4/h7,9-10,13,21H,1,8,11-12H2,2-6H3,(H,22,23). The molecule has 0 amide bonds. The molecule has 1 aromatic heterocycles. The van der Waals surface area contributed by atoms with Crippen LogP contribution in [0.3, 0.4) is 0 Å². The van der Waals surface area contributed by atoms with Gasteiger partial charge < -0.3 is 14.8 Å². The molecule has 0 saturated heterocycles. The Hall–Kier alpha value is -2.27. The van der Waals surface area contributed by atoms with Gasteiger partial charge in [0.25, 0.3) is 0 Å². The van der Waals surface area contributed by atoms with Gasteiger partial charge in [-0.2, -0.15) is 5.10 Å². The first-order valence-corrected chi connectivity index (χ1v) is 8.48. The van der Waals surface area contributed by atoms with Crippen molar-refractivity contribution < 1.29 is 9.47 Å². The monoisotopic (exact) mass is 343 g/mol. The van der Waals surface area contributed by atoms with Crippen molar-refractivity contribution in [1.82, 2.24) is 15.5 Å². The lowest BCUT2D eigenvalue weighted by atomic mass is 9.89. The molecule has 0 spiro atoms. The van der Waals surface area contributed by atoms with E-state index in [1.54, 1.807) is 14.2 Å². The Morgan fingerprint density at radius 3 is 2.52 bits per heavy atom. The highest BCUT2D eigenvalue weighted by molar-refractivity contribution is 5.50. The summed E-state index contributed by atoms with van der Waals surface area (Å²) in [4.78, 5) is 0. The summed E-state index contributed by atoms with van der Waals surface area (Å²) in [6, 6.07) is 4.15. The van der Waals surface area contributed by atoms with Crippen LogP contribution >= 0.6 is 0 Å². The van der Waals surface area contributed by atoms with Crippen LogP contribution in [-0.2, 0) is 24.9 Å². The van der Waals surface area contributed by atoms with Gasteiger partial charge in [0.15, 0.2) is 11.5 Å². The van der Waals surface area contributed by atoms with Gasteiger partial charge in [-0.3, -0.25) is 5.10 Å². The second-order valence-electron chi connectivity index (χ2n) is 7.11. The van der Waals surface area contributed by atoms with Gasteiger partial charge in [-0.05, 0) is 18.1 Å². The summed E-state index contributed by atoms with van der Waals surface area (Å²) in [5.74, 6) is 1.52. The zero-order chi connectivity index (χ0) is 18.4. The van der Waals surface area contributed by atoms with Gasteiger partial charge in [0.1, 0.15) is 0 Å². The molecule has 136 valence electrons.